The summed E-state index contributed by atoms with van der Waals surface area (Å²) in [6.45, 7) is 5.69. The summed E-state index contributed by atoms with van der Waals surface area (Å²) in [5.41, 5.74) is 0.662. The Hall–Kier alpha value is -1.37. The highest BCUT2D eigenvalue weighted by molar-refractivity contribution is 5.93. The molecule has 0 aromatic rings. The molecule has 4 N–H and O–H groups in total. The van der Waals surface area contributed by atoms with Crippen LogP contribution in [0.2, 0.25) is 0 Å². The summed E-state index contributed by atoms with van der Waals surface area (Å²) >= 11 is 0. The molecule has 122 valence electrons. The van der Waals surface area contributed by atoms with E-state index in [0.717, 1.165) is 32.6 Å². The van der Waals surface area contributed by atoms with Crippen molar-refractivity contribution >= 4 is 5.91 Å². The van der Waals surface area contributed by atoms with Gasteiger partial charge in [-0.2, -0.15) is 0 Å². The van der Waals surface area contributed by atoms with E-state index in [9.17, 15) is 4.79 Å². The average molecular weight is 305 g/mol. The van der Waals surface area contributed by atoms with Gasteiger partial charge in [0.05, 0.1) is 6.17 Å². The summed E-state index contributed by atoms with van der Waals surface area (Å²) in [5.74, 6) is 6.71. The molecule has 0 bridgehead atoms. The van der Waals surface area contributed by atoms with Crippen LogP contribution in [0.5, 0.6) is 0 Å². The maximum atomic E-state index is 12.2. The van der Waals surface area contributed by atoms with Crippen LogP contribution < -0.4 is 16.5 Å². The van der Waals surface area contributed by atoms with Crippen molar-refractivity contribution in [3.63, 3.8) is 0 Å². The van der Waals surface area contributed by atoms with Crippen molar-refractivity contribution in [2.24, 2.45) is 11.8 Å². The van der Waals surface area contributed by atoms with Gasteiger partial charge in [0, 0.05) is 32.2 Å². The van der Waals surface area contributed by atoms with Gasteiger partial charge in [-0.1, -0.05) is 6.08 Å². The van der Waals surface area contributed by atoms with Crippen LogP contribution in [0, 0.1) is 5.92 Å². The number of allylic oxidation sites excluding steroid dienone is 2. The number of carbonyl (C=O) groups is 1. The van der Waals surface area contributed by atoms with Gasteiger partial charge in [0.2, 0.25) is 0 Å². The average Bonchev–Trinajstić information content (AvgIpc) is 3.36. The van der Waals surface area contributed by atoms with E-state index in [1.54, 1.807) is 0 Å². The fraction of sp³-hybridized carbons (Fsp3) is 0.688. The van der Waals surface area contributed by atoms with Crippen LogP contribution in [0.1, 0.15) is 26.2 Å². The van der Waals surface area contributed by atoms with E-state index < -0.39 is 0 Å². The van der Waals surface area contributed by atoms with E-state index in [-0.39, 0.29) is 12.1 Å². The van der Waals surface area contributed by atoms with Crippen molar-refractivity contribution in [3.05, 3.63) is 23.9 Å². The molecule has 0 radical (unpaired) electrons. The summed E-state index contributed by atoms with van der Waals surface area (Å²) in [5, 5.41) is 8.28. The molecule has 0 spiro atoms. The van der Waals surface area contributed by atoms with Crippen LogP contribution in [-0.4, -0.2) is 54.2 Å². The molecule has 3 aliphatic rings. The Labute approximate surface area is 132 Å². The van der Waals surface area contributed by atoms with Gasteiger partial charge >= 0.3 is 0 Å². The Kier molecular flexibility index (Phi) is 4.81. The number of hydrogen-bond donors (Lipinski definition) is 3. The minimum atomic E-state index is 0.00453. The van der Waals surface area contributed by atoms with E-state index >= 15 is 0 Å². The van der Waals surface area contributed by atoms with Gasteiger partial charge in [0.1, 0.15) is 5.70 Å². The number of rotatable bonds is 4. The highest BCUT2D eigenvalue weighted by atomic mass is 16.2. The number of amides is 1. The fourth-order valence-corrected chi connectivity index (χ4v) is 2.89. The van der Waals surface area contributed by atoms with Crippen LogP contribution in [0.15, 0.2) is 23.9 Å². The smallest absolute Gasteiger partial charge is 0.267 e. The summed E-state index contributed by atoms with van der Waals surface area (Å²) < 4.78 is 0. The van der Waals surface area contributed by atoms with E-state index in [2.05, 4.69) is 28.5 Å². The molecular formula is C16H27N5O. The third kappa shape index (κ3) is 3.88. The SMILES string of the molecule is CC1CCN(C2C=CC=C(C(=O)NCC3CC3)N2)CCN1N. The van der Waals surface area contributed by atoms with Gasteiger partial charge in [0.15, 0.2) is 0 Å². The number of carbonyl (C=O) groups excluding carboxylic acids is 1. The molecular weight excluding hydrogens is 278 g/mol. The van der Waals surface area contributed by atoms with Crippen LogP contribution in [0.25, 0.3) is 0 Å². The Morgan fingerprint density at radius 3 is 2.95 bits per heavy atom. The molecule has 2 heterocycles. The number of hydrogen-bond acceptors (Lipinski definition) is 5. The molecule has 1 saturated carbocycles. The van der Waals surface area contributed by atoms with Gasteiger partial charge in [-0.05, 0) is 44.3 Å². The van der Waals surface area contributed by atoms with E-state index in [1.807, 2.05) is 17.2 Å². The van der Waals surface area contributed by atoms with Crippen molar-refractivity contribution in [2.75, 3.05) is 26.2 Å². The van der Waals surface area contributed by atoms with Crippen molar-refractivity contribution in [1.29, 1.82) is 0 Å². The zero-order valence-electron chi connectivity index (χ0n) is 13.3. The summed E-state index contributed by atoms with van der Waals surface area (Å²) in [6.07, 6.45) is 9.54. The molecule has 2 fully saturated rings. The van der Waals surface area contributed by atoms with Crippen molar-refractivity contribution in [1.82, 2.24) is 20.5 Å². The third-order valence-electron chi connectivity index (χ3n) is 4.79. The minimum absolute atomic E-state index is 0.00453. The number of hydrazine groups is 1. The largest absolute Gasteiger partial charge is 0.362 e. The molecule has 0 aromatic heterocycles. The second-order valence-corrected chi connectivity index (χ2v) is 6.62. The van der Waals surface area contributed by atoms with Crippen LogP contribution in [0.3, 0.4) is 0 Å². The summed E-state index contributed by atoms with van der Waals surface area (Å²) in [7, 11) is 0. The van der Waals surface area contributed by atoms with E-state index in [1.165, 1.54) is 12.8 Å². The molecule has 2 aliphatic heterocycles. The lowest BCUT2D eigenvalue weighted by atomic mass is 10.2. The number of dihydropyridines is 1. The van der Waals surface area contributed by atoms with Gasteiger partial charge in [0.25, 0.3) is 5.91 Å². The molecule has 1 aliphatic carbocycles. The first kappa shape index (κ1) is 15.5. The van der Waals surface area contributed by atoms with E-state index in [4.69, 9.17) is 5.84 Å². The Morgan fingerprint density at radius 2 is 2.18 bits per heavy atom. The topological polar surface area (TPSA) is 73.6 Å². The molecule has 0 aromatic carbocycles. The molecule has 1 amide bonds. The maximum Gasteiger partial charge on any atom is 0.267 e. The first-order valence-corrected chi connectivity index (χ1v) is 8.32. The fourth-order valence-electron chi connectivity index (χ4n) is 2.89. The lowest BCUT2D eigenvalue weighted by molar-refractivity contribution is -0.118. The molecule has 6 nitrogen and oxygen atoms in total. The minimum Gasteiger partial charge on any atom is -0.362 e. The Balaban J connectivity index is 1.54. The predicted octanol–water partition coefficient (Wildman–Crippen LogP) is 0.152. The highest BCUT2D eigenvalue weighted by Gasteiger charge is 2.26. The van der Waals surface area contributed by atoms with Crippen LogP contribution >= 0.6 is 0 Å². The van der Waals surface area contributed by atoms with Crippen LogP contribution in [0.4, 0.5) is 0 Å². The zero-order chi connectivity index (χ0) is 15.5. The van der Waals surface area contributed by atoms with Gasteiger partial charge in [-0.3, -0.25) is 15.5 Å². The number of nitrogens with two attached hydrogens (primary N) is 1. The van der Waals surface area contributed by atoms with Gasteiger partial charge in [-0.25, -0.2) is 5.01 Å². The maximum absolute atomic E-state index is 12.2. The van der Waals surface area contributed by atoms with Gasteiger partial charge in [-0.15, -0.1) is 0 Å². The molecule has 22 heavy (non-hydrogen) atoms. The first-order chi connectivity index (χ1) is 10.6. The van der Waals surface area contributed by atoms with Crippen molar-refractivity contribution < 1.29 is 4.79 Å². The van der Waals surface area contributed by atoms with Crippen LogP contribution in [-0.2, 0) is 4.79 Å². The monoisotopic (exact) mass is 305 g/mol. The van der Waals surface area contributed by atoms with Gasteiger partial charge < -0.3 is 10.6 Å². The molecule has 6 heteroatoms. The number of nitrogens with one attached hydrogen (secondary N) is 2. The first-order valence-electron chi connectivity index (χ1n) is 8.32. The lowest BCUT2D eigenvalue weighted by Crippen LogP contribution is -2.49. The van der Waals surface area contributed by atoms with Crippen molar-refractivity contribution in [2.45, 2.75) is 38.4 Å². The summed E-state index contributed by atoms with van der Waals surface area (Å²) in [6, 6.07) is 0.398. The second-order valence-electron chi connectivity index (χ2n) is 6.62. The molecule has 2 atom stereocenters. The number of nitrogens with zero attached hydrogens (tertiary/aromatic N) is 2. The third-order valence-corrected chi connectivity index (χ3v) is 4.79. The molecule has 2 unspecified atom stereocenters. The van der Waals surface area contributed by atoms with Crippen molar-refractivity contribution in [3.8, 4) is 0 Å². The highest BCUT2D eigenvalue weighted by Crippen LogP contribution is 2.27. The molecule has 1 saturated heterocycles. The zero-order valence-corrected chi connectivity index (χ0v) is 13.3. The standard InChI is InChI=1S/C16H27N5O/c1-12-7-8-20(9-10-21(12)17)15-4-2-3-14(19-15)16(22)18-11-13-5-6-13/h2-4,12-13,15,19H,5-11,17H2,1H3,(H,18,22). The normalized spacial score (nSPS) is 30.4. The Bertz CT molecular complexity index is 459. The summed E-state index contributed by atoms with van der Waals surface area (Å²) in [4.78, 5) is 14.6. The molecule has 3 rings (SSSR count). The lowest BCUT2D eigenvalue weighted by Gasteiger charge is -2.31. The van der Waals surface area contributed by atoms with E-state index in [0.29, 0.717) is 17.7 Å². The Morgan fingerprint density at radius 1 is 1.36 bits per heavy atom. The second kappa shape index (κ2) is 6.81. The predicted molar refractivity (Wildman–Crippen MR) is 86.4 cm³/mol. The quantitative estimate of drug-likeness (QED) is 0.645.